The van der Waals surface area contributed by atoms with E-state index in [-0.39, 0.29) is 5.41 Å². The number of fused-ring (bicyclic) bond motifs is 3. The van der Waals surface area contributed by atoms with Gasteiger partial charge in [-0.1, -0.05) is 29.1 Å². The number of aromatic nitrogens is 3. The third-order valence-electron chi connectivity index (χ3n) is 9.30. The van der Waals surface area contributed by atoms with Crippen molar-refractivity contribution in [2.45, 2.75) is 19.8 Å². The molecule has 5 heterocycles. The summed E-state index contributed by atoms with van der Waals surface area (Å²) in [5.41, 5.74) is 6.81. The molecule has 9 nitrogen and oxygen atoms in total. The lowest BCUT2D eigenvalue weighted by Gasteiger charge is -2.26. The molecule has 1 unspecified atom stereocenters. The van der Waals surface area contributed by atoms with E-state index in [9.17, 15) is 0 Å². The van der Waals surface area contributed by atoms with Gasteiger partial charge in [-0.2, -0.15) is 0 Å². The van der Waals surface area contributed by atoms with Crippen LogP contribution in [0.3, 0.4) is 0 Å². The third kappa shape index (κ3) is 5.44. The van der Waals surface area contributed by atoms with E-state index in [4.69, 9.17) is 52.1 Å². The highest BCUT2D eigenvalue weighted by Gasteiger charge is 2.42. The number of benzene rings is 2. The number of rotatable bonds is 8. The third-order valence-corrected chi connectivity index (χ3v) is 10.0. The summed E-state index contributed by atoms with van der Waals surface area (Å²) in [6.07, 6.45) is 7.72. The van der Waals surface area contributed by atoms with Crippen LogP contribution >= 0.6 is 23.2 Å². The van der Waals surface area contributed by atoms with Crippen molar-refractivity contribution >= 4 is 51.1 Å². The molecular formula is C36H35Cl2N5O4. The Morgan fingerprint density at radius 3 is 2.45 bits per heavy atom. The Labute approximate surface area is 283 Å². The summed E-state index contributed by atoms with van der Waals surface area (Å²) in [7, 11) is 4.81. The first-order valence-electron chi connectivity index (χ1n) is 15.4. The van der Waals surface area contributed by atoms with Crippen molar-refractivity contribution in [3.8, 4) is 51.5 Å². The monoisotopic (exact) mass is 671 g/mol. The molecule has 3 aromatic heterocycles. The molecule has 11 heteroatoms. The van der Waals surface area contributed by atoms with E-state index in [0.717, 1.165) is 84.0 Å². The van der Waals surface area contributed by atoms with Crippen molar-refractivity contribution in [3.05, 3.63) is 59.0 Å². The lowest BCUT2D eigenvalue weighted by molar-refractivity contribution is 0.160. The fraction of sp³-hybridized carbons (Fsp3) is 0.333. The Balaban J connectivity index is 1.35. The summed E-state index contributed by atoms with van der Waals surface area (Å²) in [4.78, 5) is 12.1. The van der Waals surface area contributed by atoms with E-state index in [2.05, 4.69) is 40.3 Å². The molecule has 1 spiro atoms. The molecule has 2 aromatic carbocycles. The van der Waals surface area contributed by atoms with Crippen LogP contribution in [-0.4, -0.2) is 68.5 Å². The van der Waals surface area contributed by atoms with Crippen molar-refractivity contribution in [2.75, 3.05) is 64.4 Å². The molecule has 47 heavy (non-hydrogen) atoms. The molecular weight excluding hydrogens is 637 g/mol. The van der Waals surface area contributed by atoms with Gasteiger partial charge in [0.2, 0.25) is 0 Å². The Morgan fingerprint density at radius 1 is 0.957 bits per heavy atom. The minimum Gasteiger partial charge on any atom is -0.496 e. The van der Waals surface area contributed by atoms with E-state index >= 15 is 0 Å². The highest BCUT2D eigenvalue weighted by atomic mass is 35.5. The Kier molecular flexibility index (Phi) is 8.43. The Bertz CT molecular complexity index is 2030. The molecule has 0 bridgehead atoms. The van der Waals surface area contributed by atoms with Crippen molar-refractivity contribution in [1.82, 2.24) is 14.4 Å². The molecule has 242 valence electrons. The number of halogens is 2. The normalized spacial score (nSPS) is 17.4. The van der Waals surface area contributed by atoms with Crippen LogP contribution in [0.25, 0.3) is 38.9 Å². The smallest absolute Gasteiger partial charge is 0.145 e. The predicted molar refractivity (Wildman–Crippen MR) is 188 cm³/mol. The zero-order chi connectivity index (χ0) is 32.7. The van der Waals surface area contributed by atoms with Gasteiger partial charge in [-0.25, -0.2) is 4.98 Å². The van der Waals surface area contributed by atoms with Crippen molar-refractivity contribution in [3.63, 3.8) is 0 Å². The molecule has 0 aliphatic carbocycles. The van der Waals surface area contributed by atoms with E-state index in [1.54, 1.807) is 33.6 Å². The van der Waals surface area contributed by atoms with Gasteiger partial charge in [0.15, 0.2) is 0 Å². The minimum atomic E-state index is 0.214. The number of ether oxygens (including phenoxy) is 4. The average molecular weight is 673 g/mol. The fourth-order valence-corrected chi connectivity index (χ4v) is 7.53. The Morgan fingerprint density at radius 2 is 1.74 bits per heavy atom. The standard InChI is InChI=1S/C36H35Cl2N5O4/c1-5-6-9-39-26-15-23(29(44-2)17-28(26)42-11-7-36(20-42)8-13-47-21-36)25-16-27-22(19-41-25)14-24(35-40-10-12-43(27)35)32-33(37)30(45-3)18-31(46-4)34(32)38/h10,12,14-19,39H,7-9,11,13,20-21H2,1-4H3. The second-order valence-electron chi connectivity index (χ2n) is 11.9. The molecule has 1 atom stereocenters. The van der Waals surface area contributed by atoms with Gasteiger partial charge in [0.1, 0.15) is 22.9 Å². The molecule has 0 saturated carbocycles. The van der Waals surface area contributed by atoms with Gasteiger partial charge < -0.3 is 29.2 Å². The van der Waals surface area contributed by atoms with Gasteiger partial charge in [0, 0.05) is 77.9 Å². The second-order valence-corrected chi connectivity index (χ2v) is 12.7. The van der Waals surface area contributed by atoms with Crippen molar-refractivity contribution in [2.24, 2.45) is 5.41 Å². The number of imidazole rings is 1. The molecule has 0 amide bonds. The molecule has 0 radical (unpaired) electrons. The number of pyridine rings is 2. The average Bonchev–Trinajstić information content (AvgIpc) is 3.87. The summed E-state index contributed by atoms with van der Waals surface area (Å²) in [6, 6.07) is 9.96. The quantitative estimate of drug-likeness (QED) is 0.169. The largest absolute Gasteiger partial charge is 0.496 e. The van der Waals surface area contributed by atoms with Crippen LogP contribution in [0, 0.1) is 17.3 Å². The summed E-state index contributed by atoms with van der Waals surface area (Å²) < 4.78 is 24.9. The zero-order valence-corrected chi connectivity index (χ0v) is 28.3. The van der Waals surface area contributed by atoms with Crippen LogP contribution in [0.1, 0.15) is 19.8 Å². The fourth-order valence-electron chi connectivity index (χ4n) is 6.83. The lowest BCUT2D eigenvalue weighted by Crippen LogP contribution is -2.28. The molecule has 2 aliphatic rings. The minimum absolute atomic E-state index is 0.214. The second kappa shape index (κ2) is 12.7. The number of anilines is 2. The molecule has 2 fully saturated rings. The van der Waals surface area contributed by atoms with E-state index in [1.165, 1.54) is 0 Å². The van der Waals surface area contributed by atoms with Gasteiger partial charge in [0.05, 0.1) is 67.1 Å². The van der Waals surface area contributed by atoms with Gasteiger partial charge in [0.25, 0.3) is 0 Å². The van der Waals surface area contributed by atoms with Crippen LogP contribution in [-0.2, 0) is 4.74 Å². The van der Waals surface area contributed by atoms with Gasteiger partial charge in [-0.15, -0.1) is 5.92 Å². The maximum absolute atomic E-state index is 6.83. The first-order chi connectivity index (χ1) is 22.9. The highest BCUT2D eigenvalue weighted by Crippen LogP contribution is 2.48. The molecule has 7 rings (SSSR count). The van der Waals surface area contributed by atoms with E-state index in [0.29, 0.717) is 39.3 Å². The highest BCUT2D eigenvalue weighted by molar-refractivity contribution is 6.41. The first-order valence-corrected chi connectivity index (χ1v) is 16.2. The molecule has 1 N–H and O–H groups in total. The molecule has 2 saturated heterocycles. The van der Waals surface area contributed by atoms with E-state index in [1.807, 2.05) is 29.8 Å². The number of hydrogen-bond acceptors (Lipinski definition) is 8. The topological polar surface area (TPSA) is 82.4 Å². The lowest BCUT2D eigenvalue weighted by atomic mass is 9.87. The van der Waals surface area contributed by atoms with Gasteiger partial charge >= 0.3 is 0 Å². The van der Waals surface area contributed by atoms with Crippen LogP contribution in [0.5, 0.6) is 17.2 Å². The first kappa shape index (κ1) is 31.3. The summed E-state index contributed by atoms with van der Waals surface area (Å²) >= 11 is 13.7. The predicted octanol–water partition coefficient (Wildman–Crippen LogP) is 7.60. The summed E-state index contributed by atoms with van der Waals surface area (Å²) in [5, 5.41) is 5.17. The van der Waals surface area contributed by atoms with Crippen LogP contribution in [0.2, 0.25) is 10.0 Å². The summed E-state index contributed by atoms with van der Waals surface area (Å²) in [5.74, 6) is 7.77. The summed E-state index contributed by atoms with van der Waals surface area (Å²) in [6.45, 7) is 5.94. The van der Waals surface area contributed by atoms with Crippen LogP contribution in [0.15, 0.2) is 48.9 Å². The van der Waals surface area contributed by atoms with Crippen LogP contribution in [0.4, 0.5) is 11.4 Å². The van der Waals surface area contributed by atoms with E-state index < -0.39 is 0 Å². The maximum Gasteiger partial charge on any atom is 0.145 e. The Hall–Kier alpha value is -4.36. The number of methoxy groups -OCH3 is 3. The molecule has 5 aromatic rings. The SMILES string of the molecule is CC#CCNc1cc(-c2cc3c(cn2)cc(-c2c(Cl)c(OC)cc(OC)c2Cl)c2nccn23)c(OC)cc1N1CCC2(CCOC2)C1. The zero-order valence-electron chi connectivity index (χ0n) is 26.7. The van der Waals surface area contributed by atoms with Gasteiger partial charge in [-0.05, 0) is 38.0 Å². The molecule has 2 aliphatic heterocycles. The van der Waals surface area contributed by atoms with Crippen molar-refractivity contribution < 1.29 is 18.9 Å². The number of hydrogen-bond donors (Lipinski definition) is 1. The number of nitrogens with one attached hydrogen (secondary N) is 1. The van der Waals surface area contributed by atoms with Gasteiger partial charge in [-0.3, -0.25) is 9.38 Å². The maximum atomic E-state index is 6.83. The number of nitrogens with zero attached hydrogens (tertiary/aromatic N) is 4. The van der Waals surface area contributed by atoms with Crippen LogP contribution < -0.4 is 24.4 Å². The van der Waals surface area contributed by atoms with Crippen molar-refractivity contribution in [1.29, 1.82) is 0 Å².